The summed E-state index contributed by atoms with van der Waals surface area (Å²) in [5.41, 5.74) is -0.0240. The fourth-order valence-corrected chi connectivity index (χ4v) is 5.47. The molecular formula is C22H34N4O4S. The first-order chi connectivity index (χ1) is 14.5. The molecule has 0 aliphatic carbocycles. The number of likely N-dealkylation sites (tertiary alicyclic amines) is 1. The summed E-state index contributed by atoms with van der Waals surface area (Å²) in [5.74, 6) is -0.441. The van der Waals surface area contributed by atoms with Crippen LogP contribution in [0.15, 0.2) is 29.2 Å². The summed E-state index contributed by atoms with van der Waals surface area (Å²) in [7, 11) is -1.63. The van der Waals surface area contributed by atoms with E-state index in [0.717, 1.165) is 6.42 Å². The van der Waals surface area contributed by atoms with Gasteiger partial charge in [-0.2, -0.15) is 4.31 Å². The molecule has 2 fully saturated rings. The zero-order valence-electron chi connectivity index (χ0n) is 18.9. The Labute approximate surface area is 185 Å². The van der Waals surface area contributed by atoms with Crippen molar-refractivity contribution in [3.05, 3.63) is 24.3 Å². The van der Waals surface area contributed by atoms with Crippen molar-refractivity contribution in [2.75, 3.05) is 51.6 Å². The molecule has 0 bridgehead atoms. The van der Waals surface area contributed by atoms with Gasteiger partial charge in [0.1, 0.15) is 0 Å². The SMILES string of the molecule is CN1CCN(S(=O)(=O)c2cccc(NC(=O)C3CCCN(C(=O)C(C)(C)C)C3)c2)CC1. The molecule has 2 heterocycles. The first-order valence-corrected chi connectivity index (χ1v) is 12.3. The molecular weight excluding hydrogens is 416 g/mol. The minimum Gasteiger partial charge on any atom is -0.341 e. The van der Waals surface area contributed by atoms with Gasteiger partial charge in [-0.25, -0.2) is 8.42 Å². The highest BCUT2D eigenvalue weighted by atomic mass is 32.2. The van der Waals surface area contributed by atoms with Crippen molar-refractivity contribution in [2.45, 2.75) is 38.5 Å². The first kappa shape index (κ1) is 23.7. The van der Waals surface area contributed by atoms with Gasteiger partial charge < -0.3 is 15.1 Å². The van der Waals surface area contributed by atoms with Gasteiger partial charge in [0, 0.05) is 50.4 Å². The molecule has 8 nitrogen and oxygen atoms in total. The highest BCUT2D eigenvalue weighted by Crippen LogP contribution is 2.25. The molecule has 3 rings (SSSR count). The summed E-state index contributed by atoms with van der Waals surface area (Å²) in [4.78, 5) is 29.5. The average Bonchev–Trinajstić information content (AvgIpc) is 2.73. The van der Waals surface area contributed by atoms with Crippen molar-refractivity contribution in [3.63, 3.8) is 0 Å². The molecule has 9 heteroatoms. The summed E-state index contributed by atoms with van der Waals surface area (Å²) in [6, 6.07) is 6.43. The molecule has 1 unspecified atom stereocenters. The van der Waals surface area contributed by atoms with Crippen LogP contribution in [0, 0.1) is 11.3 Å². The Morgan fingerprint density at radius 3 is 2.39 bits per heavy atom. The number of rotatable bonds is 4. The molecule has 31 heavy (non-hydrogen) atoms. The van der Waals surface area contributed by atoms with Gasteiger partial charge in [-0.1, -0.05) is 26.8 Å². The quantitative estimate of drug-likeness (QED) is 0.756. The normalized spacial score (nSPS) is 21.7. The third kappa shape index (κ3) is 5.64. The molecule has 172 valence electrons. The van der Waals surface area contributed by atoms with Crippen molar-refractivity contribution in [2.24, 2.45) is 11.3 Å². The predicted molar refractivity (Wildman–Crippen MR) is 120 cm³/mol. The molecule has 1 atom stereocenters. The van der Waals surface area contributed by atoms with Crippen LogP contribution in [0.4, 0.5) is 5.69 Å². The maximum atomic E-state index is 13.0. The minimum atomic E-state index is -3.60. The molecule has 2 saturated heterocycles. The Hall–Kier alpha value is -1.97. The summed E-state index contributed by atoms with van der Waals surface area (Å²) >= 11 is 0. The number of hydrogen-bond donors (Lipinski definition) is 1. The molecule has 2 aliphatic heterocycles. The number of hydrogen-bond acceptors (Lipinski definition) is 5. The van der Waals surface area contributed by atoms with Gasteiger partial charge in [0.05, 0.1) is 10.8 Å². The van der Waals surface area contributed by atoms with Gasteiger partial charge in [-0.05, 0) is 38.1 Å². The number of piperazine rings is 1. The van der Waals surface area contributed by atoms with E-state index in [1.165, 1.54) is 10.4 Å². The standard InChI is InChI=1S/C22H34N4O4S/c1-22(2,3)21(28)25-10-6-7-17(16-25)20(27)23-18-8-5-9-19(15-18)31(29,30)26-13-11-24(4)12-14-26/h5,8-9,15,17H,6-7,10-14,16H2,1-4H3,(H,23,27). The van der Waals surface area contributed by atoms with E-state index < -0.39 is 15.4 Å². The highest BCUT2D eigenvalue weighted by Gasteiger charge is 2.33. The van der Waals surface area contributed by atoms with Crippen molar-refractivity contribution in [1.29, 1.82) is 0 Å². The van der Waals surface area contributed by atoms with E-state index in [-0.39, 0.29) is 22.6 Å². The topological polar surface area (TPSA) is 90.0 Å². The third-order valence-electron chi connectivity index (χ3n) is 5.92. The number of benzene rings is 1. The lowest BCUT2D eigenvalue weighted by atomic mass is 9.91. The van der Waals surface area contributed by atoms with E-state index in [4.69, 9.17) is 0 Å². The zero-order chi connectivity index (χ0) is 22.8. The lowest BCUT2D eigenvalue weighted by Crippen LogP contribution is -2.47. The molecule has 2 aliphatic rings. The Morgan fingerprint density at radius 2 is 1.74 bits per heavy atom. The molecule has 0 radical (unpaired) electrons. The van der Waals surface area contributed by atoms with Crippen LogP contribution in [0.2, 0.25) is 0 Å². The molecule has 0 aromatic heterocycles. The van der Waals surface area contributed by atoms with Gasteiger partial charge in [0.15, 0.2) is 0 Å². The number of sulfonamides is 1. The van der Waals surface area contributed by atoms with Crippen LogP contribution in [0.25, 0.3) is 0 Å². The van der Waals surface area contributed by atoms with E-state index in [9.17, 15) is 18.0 Å². The number of nitrogens with one attached hydrogen (secondary N) is 1. The highest BCUT2D eigenvalue weighted by molar-refractivity contribution is 7.89. The van der Waals surface area contributed by atoms with Crippen LogP contribution >= 0.6 is 0 Å². The fraction of sp³-hybridized carbons (Fsp3) is 0.636. The van der Waals surface area contributed by atoms with Crippen molar-refractivity contribution >= 4 is 27.5 Å². The van der Waals surface area contributed by atoms with Gasteiger partial charge in [-0.15, -0.1) is 0 Å². The molecule has 0 spiro atoms. The smallest absolute Gasteiger partial charge is 0.243 e. The predicted octanol–water partition coefficient (Wildman–Crippen LogP) is 1.85. The maximum absolute atomic E-state index is 13.0. The van der Waals surface area contributed by atoms with Gasteiger partial charge in [-0.3, -0.25) is 9.59 Å². The average molecular weight is 451 g/mol. The zero-order valence-corrected chi connectivity index (χ0v) is 19.7. The van der Waals surface area contributed by atoms with Gasteiger partial charge in [0.25, 0.3) is 0 Å². The van der Waals surface area contributed by atoms with Crippen LogP contribution in [0.5, 0.6) is 0 Å². The van der Waals surface area contributed by atoms with E-state index in [2.05, 4.69) is 10.2 Å². The molecule has 1 N–H and O–H groups in total. The van der Waals surface area contributed by atoms with Crippen LogP contribution in [0.3, 0.4) is 0 Å². The Morgan fingerprint density at radius 1 is 1.06 bits per heavy atom. The Kier molecular flexibility index (Phi) is 7.08. The number of carbonyl (C=O) groups is 2. The summed E-state index contributed by atoms with van der Waals surface area (Å²) in [6.45, 7) is 8.99. The number of amides is 2. The summed E-state index contributed by atoms with van der Waals surface area (Å²) in [5, 5.41) is 2.86. The lowest BCUT2D eigenvalue weighted by Gasteiger charge is -2.35. The lowest BCUT2D eigenvalue weighted by molar-refractivity contribution is -0.142. The van der Waals surface area contributed by atoms with E-state index in [1.54, 1.807) is 23.1 Å². The van der Waals surface area contributed by atoms with E-state index in [0.29, 0.717) is 51.4 Å². The number of nitrogens with zero attached hydrogens (tertiary/aromatic N) is 3. The molecule has 0 saturated carbocycles. The molecule has 1 aromatic rings. The second-order valence-corrected chi connectivity index (χ2v) is 11.5. The Balaban J connectivity index is 1.68. The van der Waals surface area contributed by atoms with Crippen molar-refractivity contribution in [1.82, 2.24) is 14.1 Å². The minimum absolute atomic E-state index is 0.0465. The number of anilines is 1. The summed E-state index contributed by atoms with van der Waals surface area (Å²) < 4.78 is 27.5. The number of piperidine rings is 1. The number of carbonyl (C=O) groups excluding carboxylic acids is 2. The van der Waals surface area contributed by atoms with Gasteiger partial charge >= 0.3 is 0 Å². The summed E-state index contributed by atoms with van der Waals surface area (Å²) in [6.07, 6.45) is 1.48. The monoisotopic (exact) mass is 450 g/mol. The van der Waals surface area contributed by atoms with Crippen LogP contribution in [0.1, 0.15) is 33.6 Å². The fourth-order valence-electron chi connectivity index (χ4n) is 4.01. The van der Waals surface area contributed by atoms with Gasteiger partial charge in [0.2, 0.25) is 21.8 Å². The Bertz CT molecular complexity index is 918. The van der Waals surface area contributed by atoms with E-state index in [1.807, 2.05) is 27.8 Å². The van der Waals surface area contributed by atoms with Crippen molar-refractivity contribution in [3.8, 4) is 0 Å². The second kappa shape index (κ2) is 9.26. The largest absolute Gasteiger partial charge is 0.341 e. The van der Waals surface area contributed by atoms with Crippen molar-refractivity contribution < 1.29 is 18.0 Å². The first-order valence-electron chi connectivity index (χ1n) is 10.9. The number of likely N-dealkylation sites (N-methyl/N-ethyl adjacent to an activating group) is 1. The third-order valence-corrected chi connectivity index (χ3v) is 7.82. The van der Waals surface area contributed by atoms with E-state index >= 15 is 0 Å². The molecule has 2 amide bonds. The second-order valence-electron chi connectivity index (χ2n) is 9.56. The van der Waals surface area contributed by atoms with Crippen LogP contribution in [-0.4, -0.2) is 80.7 Å². The van der Waals surface area contributed by atoms with Crippen LogP contribution < -0.4 is 5.32 Å². The molecule has 1 aromatic carbocycles. The van der Waals surface area contributed by atoms with Crippen LogP contribution in [-0.2, 0) is 19.6 Å². The maximum Gasteiger partial charge on any atom is 0.243 e.